The Morgan fingerprint density at radius 1 is 0.881 bits per heavy atom. The zero-order valence-corrected chi connectivity index (χ0v) is 27.7. The summed E-state index contributed by atoms with van der Waals surface area (Å²) in [4.78, 5) is 14.0. The maximum atomic E-state index is 11.3. The summed E-state index contributed by atoms with van der Waals surface area (Å²) in [5.41, 5.74) is 5.06. The molecule has 1 aliphatic heterocycles. The Morgan fingerprint density at radius 3 is 2.43 bits per heavy atom. The average Bonchev–Trinajstić information content (AvgIpc) is 3.42. The quantitative estimate of drug-likeness (QED) is 0.339. The van der Waals surface area contributed by atoms with Crippen LogP contribution in [0.1, 0.15) is 108 Å². The number of hydrogen-bond acceptors (Lipinski definition) is 4. The summed E-state index contributed by atoms with van der Waals surface area (Å²) >= 11 is 2.13. The predicted octanol–water partition coefficient (Wildman–Crippen LogP) is 8.35. The topological polar surface area (TPSA) is 32.3 Å². The van der Waals surface area contributed by atoms with Gasteiger partial charge < -0.3 is 10.2 Å². The van der Waals surface area contributed by atoms with E-state index in [4.69, 9.17) is 0 Å². The van der Waals surface area contributed by atoms with Crippen LogP contribution in [-0.2, 0) is 0 Å². The first-order valence-corrected chi connectivity index (χ1v) is 18.7. The van der Waals surface area contributed by atoms with Crippen molar-refractivity contribution in [1.29, 1.82) is 0 Å². The molecule has 230 valence electrons. The summed E-state index contributed by atoms with van der Waals surface area (Å²) in [5.74, 6) is 6.93. The molecule has 5 aliphatic carbocycles. The van der Waals surface area contributed by atoms with Crippen LogP contribution in [0.3, 0.4) is 0 Å². The lowest BCUT2D eigenvalue weighted by Crippen LogP contribution is -2.63. The van der Waals surface area contributed by atoms with Gasteiger partial charge in [0.25, 0.3) is 0 Å². The second-order valence-corrected chi connectivity index (χ2v) is 17.6. The van der Waals surface area contributed by atoms with E-state index >= 15 is 0 Å². The molecule has 8 atom stereocenters. The highest BCUT2D eigenvalue weighted by atomic mass is 32.2. The van der Waals surface area contributed by atoms with Crippen molar-refractivity contribution in [3.05, 3.63) is 41.5 Å². The number of carbonyl (C=O) groups excluding carboxylic acids is 1. The van der Waals surface area contributed by atoms with Gasteiger partial charge in [0, 0.05) is 48.8 Å². The normalized spacial score (nSPS) is 43.0. The predicted molar refractivity (Wildman–Crippen MR) is 178 cm³/mol. The fourth-order valence-electron chi connectivity index (χ4n) is 12.6. The maximum Gasteiger partial charge on any atom is 0.150 e. The molecular formula is C38H56N2OS. The molecule has 3 nitrogen and oxygen atoms in total. The van der Waals surface area contributed by atoms with Gasteiger partial charge in [0.05, 0.1) is 0 Å². The van der Waals surface area contributed by atoms with Gasteiger partial charge in [0.2, 0.25) is 0 Å². The number of carbonyl (C=O) groups is 1. The molecule has 1 aromatic carbocycles. The van der Waals surface area contributed by atoms with Crippen LogP contribution in [0.5, 0.6) is 0 Å². The van der Waals surface area contributed by atoms with Crippen LogP contribution in [0.2, 0.25) is 0 Å². The summed E-state index contributed by atoms with van der Waals surface area (Å²) < 4.78 is 0. The summed E-state index contributed by atoms with van der Waals surface area (Å²) in [7, 11) is 0. The minimum absolute atomic E-state index is 0.151. The summed E-state index contributed by atoms with van der Waals surface area (Å²) in [6, 6.07) is 8.38. The zero-order chi connectivity index (χ0) is 29.2. The number of fused-ring (bicyclic) bond motifs is 7. The zero-order valence-electron chi connectivity index (χ0n) is 26.9. The van der Waals surface area contributed by atoms with E-state index in [1.807, 2.05) is 12.1 Å². The molecule has 1 aromatic rings. The Kier molecular flexibility index (Phi) is 7.79. The maximum absolute atomic E-state index is 11.3. The van der Waals surface area contributed by atoms with Crippen molar-refractivity contribution in [1.82, 2.24) is 10.2 Å². The van der Waals surface area contributed by atoms with Gasteiger partial charge in [-0.2, -0.15) is 11.8 Å². The molecule has 5 fully saturated rings. The van der Waals surface area contributed by atoms with Crippen LogP contribution < -0.4 is 5.32 Å². The van der Waals surface area contributed by atoms with E-state index in [1.54, 1.807) is 0 Å². The second-order valence-electron chi connectivity index (χ2n) is 16.4. The van der Waals surface area contributed by atoms with Gasteiger partial charge in [-0.15, -0.1) is 0 Å². The van der Waals surface area contributed by atoms with E-state index in [0.717, 1.165) is 41.4 Å². The van der Waals surface area contributed by atoms with E-state index in [2.05, 4.69) is 67.9 Å². The number of allylic oxidation sites excluding steroid dienone is 2. The smallest absolute Gasteiger partial charge is 0.150 e. The van der Waals surface area contributed by atoms with Crippen molar-refractivity contribution in [2.75, 3.05) is 37.7 Å². The summed E-state index contributed by atoms with van der Waals surface area (Å²) in [6.45, 7) is 15.5. The average molecular weight is 589 g/mol. The van der Waals surface area contributed by atoms with Crippen LogP contribution in [-0.4, -0.2) is 54.4 Å². The molecule has 7 rings (SSSR count). The minimum Gasteiger partial charge on any atom is -0.310 e. The highest BCUT2D eigenvalue weighted by Gasteiger charge is 2.65. The van der Waals surface area contributed by atoms with Crippen LogP contribution in [0.25, 0.3) is 5.57 Å². The van der Waals surface area contributed by atoms with E-state index in [0.29, 0.717) is 16.4 Å². The molecule has 0 bridgehead atoms. The molecule has 1 N–H and O–H groups in total. The fourth-order valence-corrected chi connectivity index (χ4v) is 13.6. The molecule has 42 heavy (non-hydrogen) atoms. The number of aldehydes is 1. The lowest BCUT2D eigenvalue weighted by Gasteiger charge is -2.68. The molecule has 6 aliphatic rings. The van der Waals surface area contributed by atoms with Gasteiger partial charge in [-0.25, -0.2) is 0 Å². The van der Waals surface area contributed by atoms with Crippen molar-refractivity contribution in [2.45, 2.75) is 97.4 Å². The van der Waals surface area contributed by atoms with Crippen LogP contribution in [0.4, 0.5) is 0 Å². The number of thioether (sulfide) groups is 1. The third-order valence-corrected chi connectivity index (χ3v) is 15.4. The molecule has 1 saturated heterocycles. The number of benzene rings is 1. The second kappa shape index (κ2) is 11.1. The van der Waals surface area contributed by atoms with Gasteiger partial charge in [0.1, 0.15) is 6.29 Å². The van der Waals surface area contributed by atoms with Gasteiger partial charge in [0.15, 0.2) is 0 Å². The standard InChI is InChI=1S/C38H56N2OS/c1-35(2)30(28-9-7-27(26-41)8-10-28)13-17-37(4)33(35)15-18-36(3)31-14-19-38(39-20-21-40-22-24-42-25-23-40)16-5-6-32(38)29(31)11-12-34(36)37/h7-10,13,26,29,31-34,39H,5-6,11-12,14-25H2,1-4H3. The number of hydrogen-bond donors (Lipinski definition) is 1. The Hall–Kier alpha value is -1.10. The Bertz CT molecular complexity index is 1190. The van der Waals surface area contributed by atoms with E-state index in [-0.39, 0.29) is 5.41 Å². The molecule has 0 radical (unpaired) electrons. The number of nitrogens with one attached hydrogen (secondary N) is 1. The highest BCUT2D eigenvalue weighted by Crippen LogP contribution is 2.72. The van der Waals surface area contributed by atoms with Crippen molar-refractivity contribution >= 4 is 23.6 Å². The van der Waals surface area contributed by atoms with E-state index in [9.17, 15) is 4.79 Å². The first-order chi connectivity index (χ1) is 20.2. The third-order valence-electron chi connectivity index (χ3n) is 14.5. The van der Waals surface area contributed by atoms with Gasteiger partial charge in [-0.3, -0.25) is 4.79 Å². The number of rotatable bonds is 6. The first-order valence-electron chi connectivity index (χ1n) is 17.5. The molecule has 4 heteroatoms. The minimum atomic E-state index is 0.151. The van der Waals surface area contributed by atoms with Crippen LogP contribution in [0.15, 0.2) is 30.3 Å². The molecule has 0 spiro atoms. The molecule has 8 unspecified atom stereocenters. The lowest BCUT2D eigenvalue weighted by molar-refractivity contribution is -0.172. The van der Waals surface area contributed by atoms with Gasteiger partial charge in [-0.05, 0) is 115 Å². The SMILES string of the molecule is CC1(C)C(c2ccc(C=O)cc2)=CCC2(C)C1CCC1(C)C3CCC4(NCCN5CCSCC5)CCCC4C3CCC12. The van der Waals surface area contributed by atoms with Crippen LogP contribution in [0, 0.1) is 45.8 Å². The lowest BCUT2D eigenvalue weighted by atomic mass is 9.37. The molecule has 0 aromatic heterocycles. The highest BCUT2D eigenvalue weighted by molar-refractivity contribution is 7.99. The Morgan fingerprint density at radius 2 is 1.67 bits per heavy atom. The van der Waals surface area contributed by atoms with Crippen molar-refractivity contribution in [3.8, 4) is 0 Å². The molecule has 1 heterocycles. The first kappa shape index (κ1) is 29.6. The van der Waals surface area contributed by atoms with Gasteiger partial charge in [-0.1, -0.05) is 64.5 Å². The summed E-state index contributed by atoms with van der Waals surface area (Å²) in [6.07, 6.45) is 17.7. The summed E-state index contributed by atoms with van der Waals surface area (Å²) in [5, 5.41) is 4.28. The van der Waals surface area contributed by atoms with Crippen molar-refractivity contribution in [2.24, 2.45) is 45.8 Å². The van der Waals surface area contributed by atoms with E-state index < -0.39 is 0 Å². The third kappa shape index (κ3) is 4.63. The fraction of sp³-hybridized carbons (Fsp3) is 0.763. The molecule has 0 amide bonds. The Balaban J connectivity index is 1.10. The van der Waals surface area contributed by atoms with Crippen molar-refractivity contribution in [3.63, 3.8) is 0 Å². The van der Waals surface area contributed by atoms with E-state index in [1.165, 1.54) is 113 Å². The molecular weight excluding hydrogens is 532 g/mol. The van der Waals surface area contributed by atoms with Crippen LogP contribution >= 0.6 is 11.8 Å². The molecule has 4 saturated carbocycles. The largest absolute Gasteiger partial charge is 0.310 e. The van der Waals surface area contributed by atoms with Crippen molar-refractivity contribution < 1.29 is 4.79 Å². The van der Waals surface area contributed by atoms with Gasteiger partial charge >= 0.3 is 0 Å². The monoisotopic (exact) mass is 588 g/mol. The number of nitrogens with zero attached hydrogens (tertiary/aromatic N) is 1. The Labute approximate surface area is 260 Å².